The number of carbonyl (C=O) groups excluding carboxylic acids is 1. The zero-order valence-corrected chi connectivity index (χ0v) is 16.9. The Labute approximate surface area is 164 Å². The highest BCUT2D eigenvalue weighted by molar-refractivity contribution is 7.87. The van der Waals surface area contributed by atoms with Gasteiger partial charge in [0.05, 0.1) is 19.0 Å². The van der Waals surface area contributed by atoms with E-state index in [0.29, 0.717) is 17.9 Å². The van der Waals surface area contributed by atoms with Gasteiger partial charge in [0.25, 0.3) is 10.2 Å². The molecule has 2 heterocycles. The fourth-order valence-corrected chi connectivity index (χ4v) is 4.44. The lowest BCUT2D eigenvalue weighted by Crippen LogP contribution is -2.55. The first-order valence-electron chi connectivity index (χ1n) is 9.06. The van der Waals surface area contributed by atoms with E-state index in [-0.39, 0.29) is 5.91 Å². The molecule has 3 rings (SSSR count). The Morgan fingerprint density at radius 3 is 2.71 bits per heavy atom. The summed E-state index contributed by atoms with van der Waals surface area (Å²) in [7, 11) is -0.828. The molecule has 152 valence electrons. The maximum atomic E-state index is 12.8. The highest BCUT2D eigenvalue weighted by atomic mass is 32.2. The molecule has 28 heavy (non-hydrogen) atoms. The first-order chi connectivity index (χ1) is 13.3. The fourth-order valence-electron chi connectivity index (χ4n) is 3.17. The van der Waals surface area contributed by atoms with Crippen molar-refractivity contribution in [2.75, 3.05) is 19.5 Å². The topological polar surface area (TPSA) is 106 Å². The molecule has 2 aromatic rings. The van der Waals surface area contributed by atoms with Gasteiger partial charge in [-0.3, -0.25) is 9.48 Å². The number of anilines is 1. The molecule has 0 bridgehead atoms. The van der Waals surface area contributed by atoms with Crippen LogP contribution in [-0.4, -0.2) is 48.6 Å². The molecule has 2 atom stereocenters. The number of hydrogen-bond donors (Lipinski definition) is 2. The van der Waals surface area contributed by atoms with Gasteiger partial charge in [-0.05, 0) is 30.5 Å². The Balaban J connectivity index is 1.78. The number of methoxy groups -OCH3 is 1. The quantitative estimate of drug-likeness (QED) is 0.755. The third-order valence-electron chi connectivity index (χ3n) is 4.74. The number of benzene rings is 1. The second-order valence-electron chi connectivity index (χ2n) is 6.70. The minimum atomic E-state index is -3.79. The first kappa shape index (κ1) is 20.3. The summed E-state index contributed by atoms with van der Waals surface area (Å²) in [5.74, 6) is 0.292. The minimum Gasteiger partial charge on any atom is -0.497 e. The first-order valence-corrected chi connectivity index (χ1v) is 10.5. The molecule has 10 heteroatoms. The van der Waals surface area contributed by atoms with Gasteiger partial charge >= 0.3 is 0 Å². The zero-order chi connectivity index (χ0) is 20.3. The van der Waals surface area contributed by atoms with Crippen molar-refractivity contribution >= 4 is 21.8 Å². The number of nitrogens with zero attached hydrogens (tertiary/aromatic N) is 3. The average molecular weight is 407 g/mol. The second-order valence-corrected chi connectivity index (χ2v) is 8.46. The lowest BCUT2D eigenvalue weighted by molar-refractivity contribution is -0.120. The van der Waals surface area contributed by atoms with E-state index in [1.807, 2.05) is 6.92 Å². The van der Waals surface area contributed by atoms with Crippen LogP contribution >= 0.6 is 0 Å². The Kier molecular flexibility index (Phi) is 6.01. The lowest BCUT2D eigenvalue weighted by Gasteiger charge is -2.36. The van der Waals surface area contributed by atoms with Crippen LogP contribution in [0.15, 0.2) is 36.7 Å². The predicted octanol–water partition coefficient (Wildman–Crippen LogP) is 1.52. The van der Waals surface area contributed by atoms with Crippen molar-refractivity contribution in [1.82, 2.24) is 18.8 Å². The standard InChI is InChI=1S/C18H25N5O4S/c1-4-9-23-12-14(11-19-23)20-18(24)17-10-16(21-28(25,26)22(17)2)13-5-7-15(27-3)8-6-13/h5-8,11-12,16-17,21H,4,9-10H2,1-3H3,(H,20,24)/t16-,17+/m0/s1. The Bertz CT molecular complexity index is 926. The molecule has 1 aliphatic heterocycles. The lowest BCUT2D eigenvalue weighted by atomic mass is 9.99. The monoisotopic (exact) mass is 407 g/mol. The molecule has 0 aliphatic carbocycles. The number of likely N-dealkylation sites (N-methyl/N-ethyl adjacent to an activating group) is 1. The van der Waals surface area contributed by atoms with Gasteiger partial charge in [-0.25, -0.2) is 0 Å². The van der Waals surface area contributed by atoms with Crippen molar-refractivity contribution in [3.63, 3.8) is 0 Å². The summed E-state index contributed by atoms with van der Waals surface area (Å²) in [4.78, 5) is 12.8. The van der Waals surface area contributed by atoms with E-state index in [2.05, 4.69) is 15.1 Å². The summed E-state index contributed by atoms with van der Waals surface area (Å²) in [5.41, 5.74) is 1.31. The maximum absolute atomic E-state index is 12.8. The molecule has 0 unspecified atom stereocenters. The summed E-state index contributed by atoms with van der Waals surface area (Å²) >= 11 is 0. The van der Waals surface area contributed by atoms with Crippen molar-refractivity contribution in [2.45, 2.75) is 38.4 Å². The molecule has 2 N–H and O–H groups in total. The fraction of sp³-hybridized carbons (Fsp3) is 0.444. The van der Waals surface area contributed by atoms with Crippen molar-refractivity contribution in [1.29, 1.82) is 0 Å². The van der Waals surface area contributed by atoms with E-state index in [1.165, 1.54) is 7.05 Å². The van der Waals surface area contributed by atoms with Crippen LogP contribution in [0.25, 0.3) is 0 Å². The minimum absolute atomic E-state index is 0.303. The van der Waals surface area contributed by atoms with Gasteiger partial charge in [-0.15, -0.1) is 0 Å². The van der Waals surface area contributed by atoms with Gasteiger partial charge < -0.3 is 10.1 Å². The maximum Gasteiger partial charge on any atom is 0.280 e. The van der Waals surface area contributed by atoms with Crippen LogP contribution in [0, 0.1) is 0 Å². The highest BCUT2D eigenvalue weighted by Crippen LogP contribution is 2.29. The summed E-state index contributed by atoms with van der Waals surface area (Å²) < 4.78 is 35.6. The normalized spacial score (nSPS) is 22.0. The van der Waals surface area contributed by atoms with E-state index in [9.17, 15) is 13.2 Å². The van der Waals surface area contributed by atoms with E-state index >= 15 is 0 Å². The number of ether oxygens (including phenoxy) is 1. The Hall–Kier alpha value is -2.43. The van der Waals surface area contributed by atoms with Crippen molar-refractivity contribution in [3.05, 3.63) is 42.2 Å². The molecule has 1 saturated heterocycles. The number of rotatable bonds is 6. The van der Waals surface area contributed by atoms with Gasteiger partial charge in [-0.2, -0.15) is 22.5 Å². The Morgan fingerprint density at radius 2 is 2.07 bits per heavy atom. The number of amides is 1. The van der Waals surface area contributed by atoms with Crippen LogP contribution in [0.4, 0.5) is 5.69 Å². The van der Waals surface area contributed by atoms with Crippen LogP contribution in [0.1, 0.15) is 31.4 Å². The number of carbonyl (C=O) groups is 1. The third-order valence-corrected chi connectivity index (χ3v) is 6.34. The molecule has 0 radical (unpaired) electrons. The largest absolute Gasteiger partial charge is 0.497 e. The van der Waals surface area contributed by atoms with Crippen LogP contribution in [0.3, 0.4) is 0 Å². The molecule has 0 spiro atoms. The Morgan fingerprint density at radius 1 is 1.36 bits per heavy atom. The predicted molar refractivity (Wildman–Crippen MR) is 105 cm³/mol. The van der Waals surface area contributed by atoms with Gasteiger partial charge in [0.15, 0.2) is 0 Å². The number of hydrogen-bond acceptors (Lipinski definition) is 5. The van der Waals surface area contributed by atoms with Crippen molar-refractivity contribution in [3.8, 4) is 5.75 Å². The SMILES string of the molecule is CCCn1cc(NC(=O)[C@H]2C[C@@H](c3ccc(OC)cc3)NS(=O)(=O)N2C)cn1. The van der Waals surface area contributed by atoms with E-state index in [0.717, 1.165) is 22.8 Å². The smallest absolute Gasteiger partial charge is 0.280 e. The number of aryl methyl sites for hydroxylation is 1. The summed E-state index contributed by atoms with van der Waals surface area (Å²) in [5, 5.41) is 6.95. The second kappa shape index (κ2) is 8.29. The summed E-state index contributed by atoms with van der Waals surface area (Å²) in [6.07, 6.45) is 4.52. The van der Waals surface area contributed by atoms with E-state index < -0.39 is 22.3 Å². The van der Waals surface area contributed by atoms with Gasteiger partial charge in [0, 0.05) is 25.8 Å². The highest BCUT2D eigenvalue weighted by Gasteiger charge is 2.40. The molecule has 1 amide bonds. The van der Waals surface area contributed by atoms with Crippen LogP contribution in [0.5, 0.6) is 5.75 Å². The molecule has 1 aromatic carbocycles. The van der Waals surface area contributed by atoms with Crippen LogP contribution in [-0.2, 0) is 21.5 Å². The van der Waals surface area contributed by atoms with Gasteiger partial charge in [0.2, 0.25) is 5.91 Å². The summed E-state index contributed by atoms with van der Waals surface area (Å²) in [6, 6.07) is 5.76. The van der Waals surface area contributed by atoms with Crippen LogP contribution in [0.2, 0.25) is 0 Å². The summed E-state index contributed by atoms with van der Waals surface area (Å²) in [6.45, 7) is 2.78. The van der Waals surface area contributed by atoms with Crippen molar-refractivity contribution in [2.24, 2.45) is 0 Å². The molecular formula is C18H25N5O4S. The molecule has 9 nitrogen and oxygen atoms in total. The van der Waals surface area contributed by atoms with E-state index in [4.69, 9.17) is 4.74 Å². The van der Waals surface area contributed by atoms with Crippen LogP contribution < -0.4 is 14.8 Å². The molecule has 0 saturated carbocycles. The van der Waals surface area contributed by atoms with Gasteiger partial charge in [-0.1, -0.05) is 19.1 Å². The third kappa shape index (κ3) is 4.34. The molecular weight excluding hydrogens is 382 g/mol. The average Bonchev–Trinajstić information content (AvgIpc) is 3.11. The van der Waals surface area contributed by atoms with Gasteiger partial charge in [0.1, 0.15) is 11.8 Å². The number of nitrogens with one attached hydrogen (secondary N) is 2. The van der Waals surface area contributed by atoms with E-state index in [1.54, 1.807) is 48.5 Å². The zero-order valence-electron chi connectivity index (χ0n) is 16.1. The van der Waals surface area contributed by atoms with Crippen molar-refractivity contribution < 1.29 is 17.9 Å². The molecule has 1 aromatic heterocycles. The molecule has 1 fully saturated rings. The number of aromatic nitrogens is 2. The molecule has 1 aliphatic rings.